The van der Waals surface area contributed by atoms with Crippen LogP contribution in [-0.4, -0.2) is 27.6 Å². The van der Waals surface area contributed by atoms with Crippen LogP contribution in [0.4, 0.5) is 0 Å². The molecule has 0 radical (unpaired) electrons. The average Bonchev–Trinajstić information content (AvgIpc) is 2.83. The van der Waals surface area contributed by atoms with Crippen LogP contribution in [0.2, 0.25) is 0 Å². The first-order valence-electron chi connectivity index (χ1n) is 6.71. The predicted octanol–water partition coefficient (Wildman–Crippen LogP) is 2.36. The van der Waals surface area contributed by atoms with Gasteiger partial charge >= 0.3 is 0 Å². The van der Waals surface area contributed by atoms with Gasteiger partial charge in [-0.2, -0.15) is 0 Å². The molecule has 5 nitrogen and oxygen atoms in total. The Morgan fingerprint density at radius 2 is 2.20 bits per heavy atom. The molecule has 2 aromatic heterocycles. The van der Waals surface area contributed by atoms with Crippen LogP contribution < -0.4 is 10.1 Å². The molecule has 0 amide bonds. The van der Waals surface area contributed by atoms with Gasteiger partial charge in [-0.25, -0.2) is 9.97 Å². The van der Waals surface area contributed by atoms with E-state index >= 15 is 0 Å². The van der Waals surface area contributed by atoms with Crippen LogP contribution in [0.15, 0.2) is 17.9 Å². The smallest absolute Gasteiger partial charge is 0.232 e. The lowest BCUT2D eigenvalue weighted by atomic mass is 10.3. The van der Waals surface area contributed by atoms with Crippen molar-refractivity contribution in [2.24, 2.45) is 0 Å². The third kappa shape index (κ3) is 4.54. The summed E-state index contributed by atoms with van der Waals surface area (Å²) in [7, 11) is 0. The molecule has 20 heavy (non-hydrogen) atoms. The van der Waals surface area contributed by atoms with E-state index in [-0.39, 0.29) is 0 Å². The molecule has 0 aliphatic rings. The summed E-state index contributed by atoms with van der Waals surface area (Å²) in [5.74, 6) is 0.579. The number of hydrogen-bond acceptors (Lipinski definition) is 6. The highest BCUT2D eigenvalue weighted by atomic mass is 32.1. The molecule has 0 saturated carbocycles. The minimum absolute atomic E-state index is 0.427. The third-order valence-electron chi connectivity index (χ3n) is 2.78. The monoisotopic (exact) mass is 292 g/mol. The highest BCUT2D eigenvalue weighted by Gasteiger charge is 2.04. The number of nitrogens with zero attached hydrogens (tertiary/aromatic N) is 3. The van der Waals surface area contributed by atoms with Gasteiger partial charge in [0.25, 0.3) is 0 Å². The Morgan fingerprint density at radius 1 is 1.35 bits per heavy atom. The molecule has 0 bridgehead atoms. The number of aryl methyl sites for hydroxylation is 1. The highest BCUT2D eigenvalue weighted by molar-refractivity contribution is 7.09. The van der Waals surface area contributed by atoms with Crippen LogP contribution in [0.25, 0.3) is 0 Å². The van der Waals surface area contributed by atoms with Crippen molar-refractivity contribution in [3.8, 4) is 5.88 Å². The first kappa shape index (κ1) is 14.9. The van der Waals surface area contributed by atoms with Gasteiger partial charge in [-0.3, -0.25) is 4.98 Å². The minimum atomic E-state index is 0.427. The summed E-state index contributed by atoms with van der Waals surface area (Å²) < 4.78 is 5.66. The summed E-state index contributed by atoms with van der Waals surface area (Å²) in [6, 6.07) is 0.427. The van der Waals surface area contributed by atoms with Gasteiger partial charge in [-0.15, -0.1) is 11.3 Å². The molecule has 0 saturated heterocycles. The maximum absolute atomic E-state index is 5.66. The third-order valence-corrected chi connectivity index (χ3v) is 3.77. The maximum atomic E-state index is 5.66. The molecular formula is C14H20N4OS. The zero-order valence-electron chi connectivity index (χ0n) is 12.1. The van der Waals surface area contributed by atoms with Crippen molar-refractivity contribution in [1.82, 2.24) is 20.3 Å². The Hall–Kier alpha value is -1.53. The lowest BCUT2D eigenvalue weighted by Gasteiger charge is -2.09. The highest BCUT2D eigenvalue weighted by Crippen LogP contribution is 2.13. The van der Waals surface area contributed by atoms with Crippen LogP contribution >= 0.6 is 11.3 Å². The van der Waals surface area contributed by atoms with Crippen LogP contribution in [0.1, 0.15) is 30.1 Å². The van der Waals surface area contributed by atoms with E-state index in [9.17, 15) is 0 Å². The van der Waals surface area contributed by atoms with Gasteiger partial charge in [0, 0.05) is 30.1 Å². The Balaban J connectivity index is 1.83. The van der Waals surface area contributed by atoms with Crippen molar-refractivity contribution in [3.63, 3.8) is 0 Å². The van der Waals surface area contributed by atoms with E-state index in [1.807, 2.05) is 12.4 Å². The summed E-state index contributed by atoms with van der Waals surface area (Å²) in [5, 5.41) is 3.31. The standard InChI is InChI=1S/C14H20N4OS/c1-10(2)16-7-12-6-15-8-14(18-12)19-5-4-13-11(3)17-9-20-13/h6,8-10,16H,4-5,7H2,1-3H3. The molecule has 6 heteroatoms. The Labute approximate surface area is 123 Å². The van der Waals surface area contributed by atoms with E-state index < -0.39 is 0 Å². The fourth-order valence-corrected chi connectivity index (χ4v) is 2.43. The van der Waals surface area contributed by atoms with Crippen LogP contribution in [0.5, 0.6) is 5.88 Å². The molecule has 2 rings (SSSR count). The van der Waals surface area contributed by atoms with E-state index in [1.165, 1.54) is 4.88 Å². The topological polar surface area (TPSA) is 59.9 Å². The van der Waals surface area contributed by atoms with Crippen LogP contribution in [-0.2, 0) is 13.0 Å². The lowest BCUT2D eigenvalue weighted by Crippen LogP contribution is -2.22. The summed E-state index contributed by atoms with van der Waals surface area (Å²) in [4.78, 5) is 14.1. The Kier molecular flexibility index (Phi) is 5.43. The average molecular weight is 292 g/mol. The number of hydrogen-bond donors (Lipinski definition) is 1. The summed E-state index contributed by atoms with van der Waals surface area (Å²) >= 11 is 1.66. The number of nitrogens with one attached hydrogen (secondary N) is 1. The largest absolute Gasteiger partial charge is 0.476 e. The number of ether oxygens (including phenoxy) is 1. The SMILES string of the molecule is Cc1ncsc1CCOc1cncc(CNC(C)C)n1. The van der Waals surface area contributed by atoms with Gasteiger partial charge in [-0.05, 0) is 6.92 Å². The molecule has 0 fully saturated rings. The predicted molar refractivity (Wildman–Crippen MR) is 80.1 cm³/mol. The van der Waals surface area contributed by atoms with Gasteiger partial charge in [0.05, 0.1) is 29.7 Å². The number of aromatic nitrogens is 3. The molecule has 0 aromatic carbocycles. The zero-order valence-corrected chi connectivity index (χ0v) is 12.9. The number of rotatable bonds is 7. The van der Waals surface area contributed by atoms with Gasteiger partial charge in [-0.1, -0.05) is 13.8 Å². The van der Waals surface area contributed by atoms with E-state index in [0.29, 0.717) is 25.1 Å². The second-order valence-corrected chi connectivity index (χ2v) is 5.78. The molecule has 108 valence electrons. The Bertz CT molecular complexity index is 541. The van der Waals surface area contributed by atoms with E-state index in [2.05, 4.69) is 34.1 Å². The van der Waals surface area contributed by atoms with E-state index in [0.717, 1.165) is 17.8 Å². The molecule has 2 aromatic rings. The summed E-state index contributed by atoms with van der Waals surface area (Å²) in [5.41, 5.74) is 3.84. The molecular weight excluding hydrogens is 272 g/mol. The molecule has 0 aliphatic carbocycles. The minimum Gasteiger partial charge on any atom is -0.476 e. The maximum Gasteiger partial charge on any atom is 0.232 e. The molecule has 0 aliphatic heterocycles. The van der Waals surface area contributed by atoms with Crippen molar-refractivity contribution in [1.29, 1.82) is 0 Å². The molecule has 1 N–H and O–H groups in total. The Morgan fingerprint density at radius 3 is 2.90 bits per heavy atom. The zero-order chi connectivity index (χ0) is 14.4. The van der Waals surface area contributed by atoms with E-state index in [1.54, 1.807) is 23.7 Å². The summed E-state index contributed by atoms with van der Waals surface area (Å²) in [6.07, 6.45) is 4.26. The van der Waals surface area contributed by atoms with Gasteiger partial charge in [0.15, 0.2) is 0 Å². The van der Waals surface area contributed by atoms with Crippen LogP contribution in [0.3, 0.4) is 0 Å². The van der Waals surface area contributed by atoms with Crippen molar-refractivity contribution in [2.45, 2.75) is 39.8 Å². The summed E-state index contributed by atoms with van der Waals surface area (Å²) in [6.45, 7) is 7.52. The molecule has 0 unspecified atom stereocenters. The van der Waals surface area contributed by atoms with Crippen molar-refractivity contribution < 1.29 is 4.74 Å². The fraction of sp³-hybridized carbons (Fsp3) is 0.500. The first-order valence-corrected chi connectivity index (χ1v) is 7.59. The van der Waals surface area contributed by atoms with Gasteiger partial charge in [0.2, 0.25) is 5.88 Å². The number of thiazole rings is 1. The van der Waals surface area contributed by atoms with Crippen molar-refractivity contribution >= 4 is 11.3 Å². The molecule has 2 heterocycles. The normalized spacial score (nSPS) is 11.0. The first-order chi connectivity index (χ1) is 9.65. The molecule has 0 spiro atoms. The second-order valence-electron chi connectivity index (χ2n) is 4.84. The second kappa shape index (κ2) is 7.31. The van der Waals surface area contributed by atoms with Crippen LogP contribution in [0, 0.1) is 6.92 Å². The van der Waals surface area contributed by atoms with Gasteiger partial charge < -0.3 is 10.1 Å². The lowest BCUT2D eigenvalue weighted by molar-refractivity contribution is 0.307. The van der Waals surface area contributed by atoms with Crippen molar-refractivity contribution in [3.05, 3.63) is 34.2 Å². The van der Waals surface area contributed by atoms with Crippen molar-refractivity contribution in [2.75, 3.05) is 6.61 Å². The quantitative estimate of drug-likeness (QED) is 0.849. The fourth-order valence-electron chi connectivity index (χ4n) is 1.66. The molecule has 0 atom stereocenters. The van der Waals surface area contributed by atoms with E-state index in [4.69, 9.17) is 4.74 Å². The van der Waals surface area contributed by atoms with Gasteiger partial charge in [0.1, 0.15) is 0 Å².